The average molecular weight is 743 g/mol. The number of hydrogen-bond donors (Lipinski definition) is 0. The molecule has 10 aromatic rings. The SMILES string of the molecule is [B]c1cc2c(cc1[B])c1c([B])c([B])cc([B])c1c1c([B])c(-c3cccc4oc5cc(-c6nc(-c7ccccc7)nc(-c7c([B])c([B])c([B])c([B])c7[B])n6)ccc5c34)c([B])cc21. The van der Waals surface area contributed by atoms with Gasteiger partial charge < -0.3 is 4.42 Å². The van der Waals surface area contributed by atoms with E-state index in [1.165, 1.54) is 0 Å². The van der Waals surface area contributed by atoms with Crippen LogP contribution in [-0.2, 0) is 0 Å². The van der Waals surface area contributed by atoms with Gasteiger partial charge in [-0.2, -0.15) is 0 Å². The number of aromatic nitrogens is 3. The van der Waals surface area contributed by atoms with Crippen LogP contribution >= 0.6 is 0 Å². The van der Waals surface area contributed by atoms with Gasteiger partial charge in [-0.05, 0) is 61.6 Å². The van der Waals surface area contributed by atoms with Crippen molar-refractivity contribution in [3.63, 3.8) is 0 Å². The first-order valence-electron chi connectivity index (χ1n) is 18.9. The fraction of sp³-hybridized carbons (Fsp3) is 0. The van der Waals surface area contributed by atoms with E-state index in [0.717, 1.165) is 32.7 Å². The summed E-state index contributed by atoms with van der Waals surface area (Å²) in [6.45, 7) is 0. The van der Waals surface area contributed by atoms with Gasteiger partial charge in [0.05, 0.1) is 0 Å². The molecule has 4 nitrogen and oxygen atoms in total. The van der Waals surface area contributed by atoms with E-state index in [1.807, 2.05) is 72.8 Å². The van der Waals surface area contributed by atoms with Crippen molar-refractivity contribution in [2.75, 3.05) is 0 Å². The highest BCUT2D eigenvalue weighted by Gasteiger charge is 2.23. The van der Waals surface area contributed by atoms with Crippen LogP contribution in [0, 0.1) is 0 Å². The molecule has 0 aliphatic carbocycles. The molecule has 0 aliphatic heterocycles. The smallest absolute Gasteiger partial charge is 0.164 e. The first-order valence-corrected chi connectivity index (χ1v) is 18.9. The van der Waals surface area contributed by atoms with Crippen molar-refractivity contribution < 1.29 is 4.42 Å². The first kappa shape index (κ1) is 39.3. The zero-order valence-corrected chi connectivity index (χ0v) is 32.3. The maximum absolute atomic E-state index is 7.25. The Balaban J connectivity index is 1.21. The third kappa shape index (κ3) is 5.96. The Hall–Kier alpha value is -5.87. The van der Waals surface area contributed by atoms with Gasteiger partial charge in [0, 0.05) is 27.5 Å². The number of fused-ring (bicyclic) bond motifs is 9. The zero-order valence-electron chi connectivity index (χ0n) is 32.3. The predicted octanol–water partition coefficient (Wildman–Crippen LogP) is -2.58. The van der Waals surface area contributed by atoms with Crippen LogP contribution in [0.15, 0.2) is 95.4 Å². The second kappa shape index (κ2) is 14.4. The molecule has 0 amide bonds. The fourth-order valence-corrected chi connectivity index (χ4v) is 8.46. The molecule has 24 radical (unpaired) electrons. The normalized spacial score (nSPS) is 11.7. The molecule has 0 fully saturated rings. The monoisotopic (exact) mass is 745 g/mol. The van der Waals surface area contributed by atoms with Gasteiger partial charge in [0.1, 0.15) is 105 Å². The minimum atomic E-state index is 0.0748. The highest BCUT2D eigenvalue weighted by molar-refractivity contribution is 6.69. The molecule has 0 spiro atoms. The third-order valence-corrected chi connectivity index (χ3v) is 11.5. The van der Waals surface area contributed by atoms with E-state index in [0.29, 0.717) is 93.7 Å². The molecule has 10 rings (SSSR count). The van der Waals surface area contributed by atoms with Gasteiger partial charge in [0.15, 0.2) is 17.5 Å². The van der Waals surface area contributed by atoms with Crippen LogP contribution in [0.2, 0.25) is 0 Å². The van der Waals surface area contributed by atoms with Crippen LogP contribution in [0.25, 0.3) is 99.5 Å². The molecule has 2 heterocycles. The summed E-state index contributed by atoms with van der Waals surface area (Å²) in [5.41, 5.74) is 7.03. The predicted molar refractivity (Wildman–Crippen MR) is 266 cm³/mol. The van der Waals surface area contributed by atoms with Gasteiger partial charge in [-0.3, -0.25) is 0 Å². The van der Waals surface area contributed by atoms with Crippen LogP contribution in [0.4, 0.5) is 0 Å². The van der Waals surface area contributed by atoms with Gasteiger partial charge in [0.25, 0.3) is 0 Å². The van der Waals surface area contributed by atoms with Gasteiger partial charge in [-0.25, -0.2) is 15.0 Å². The molecule has 0 N–H and O–H groups in total. The van der Waals surface area contributed by atoms with Crippen LogP contribution in [0.5, 0.6) is 0 Å². The molecule has 61 heavy (non-hydrogen) atoms. The van der Waals surface area contributed by atoms with E-state index < -0.39 is 0 Å². The lowest BCUT2D eigenvalue weighted by Crippen LogP contribution is -2.55. The number of furan rings is 1. The number of rotatable bonds is 4. The minimum Gasteiger partial charge on any atom is -0.456 e. The lowest BCUT2D eigenvalue weighted by atomic mass is 9.60. The summed E-state index contributed by atoms with van der Waals surface area (Å²) in [6, 6.07) is 27.8. The summed E-state index contributed by atoms with van der Waals surface area (Å²) in [4.78, 5) is 14.5. The second-order valence-electron chi connectivity index (χ2n) is 15.0. The van der Waals surface area contributed by atoms with E-state index >= 15 is 0 Å². The highest BCUT2D eigenvalue weighted by atomic mass is 16.3. The Morgan fingerprint density at radius 3 is 1.61 bits per heavy atom. The van der Waals surface area contributed by atoms with Gasteiger partial charge in [-0.1, -0.05) is 106 Å². The molecule has 2 aromatic heterocycles. The molecule has 252 valence electrons. The maximum atomic E-state index is 7.25. The number of nitrogens with zero attached hydrogens (tertiary/aromatic N) is 3. The summed E-state index contributed by atoms with van der Waals surface area (Å²) >= 11 is 0. The number of hydrogen-bond acceptors (Lipinski definition) is 4. The molecule has 0 aliphatic rings. The summed E-state index contributed by atoms with van der Waals surface area (Å²) in [7, 11) is 78.2. The van der Waals surface area contributed by atoms with Gasteiger partial charge >= 0.3 is 0 Å². The standard InChI is InChI=1S/C45H15B12N3O/c46-23-12-20-21(13-24(23)47)32-34(26(49)15-27(50)36(32)51)33-22(20)14-25(48)31(37(33)52)19-7-4-8-28-30(19)18-10-9-17(11-29(18)61-28)44-58-43(16-5-2-1-3-6-16)59-45(60-44)35-38(53)40(55)42(57)41(56)39(35)54/h1-15H. The molecule has 0 atom stereocenters. The van der Waals surface area contributed by atoms with Crippen molar-refractivity contribution in [1.29, 1.82) is 0 Å². The topological polar surface area (TPSA) is 51.8 Å². The molecular weight excluding hydrogens is 728 g/mol. The first-order chi connectivity index (χ1) is 29.2. The van der Waals surface area contributed by atoms with Gasteiger partial charge in [-0.15, -0.1) is 32.8 Å². The fourth-order valence-electron chi connectivity index (χ4n) is 8.46. The lowest BCUT2D eigenvalue weighted by molar-refractivity contribution is 0.669. The lowest BCUT2D eigenvalue weighted by Gasteiger charge is -2.23. The van der Waals surface area contributed by atoms with Crippen LogP contribution < -0.4 is 65.6 Å². The summed E-state index contributed by atoms with van der Waals surface area (Å²) in [6.07, 6.45) is 0. The van der Waals surface area contributed by atoms with Gasteiger partial charge in [0.2, 0.25) is 0 Å². The summed E-state index contributed by atoms with van der Waals surface area (Å²) in [5.74, 6) is 0.823. The van der Waals surface area contributed by atoms with Crippen molar-refractivity contribution >= 4 is 214 Å². The molecule has 0 saturated heterocycles. The third-order valence-electron chi connectivity index (χ3n) is 11.5. The Kier molecular flexibility index (Phi) is 9.25. The van der Waals surface area contributed by atoms with Crippen LogP contribution in [0.1, 0.15) is 0 Å². The van der Waals surface area contributed by atoms with Crippen molar-refractivity contribution in [1.82, 2.24) is 15.0 Å². The Labute approximate surface area is 367 Å². The van der Waals surface area contributed by atoms with Crippen molar-refractivity contribution in [2.45, 2.75) is 0 Å². The molecule has 0 bridgehead atoms. The van der Waals surface area contributed by atoms with E-state index in [4.69, 9.17) is 114 Å². The van der Waals surface area contributed by atoms with Crippen molar-refractivity contribution in [3.05, 3.63) is 91.0 Å². The van der Waals surface area contributed by atoms with E-state index in [-0.39, 0.29) is 38.7 Å². The molecule has 8 aromatic carbocycles. The van der Waals surface area contributed by atoms with Crippen molar-refractivity contribution in [3.8, 4) is 45.3 Å². The van der Waals surface area contributed by atoms with E-state index in [1.54, 1.807) is 18.2 Å². The molecule has 16 heteroatoms. The van der Waals surface area contributed by atoms with Crippen LogP contribution in [0.3, 0.4) is 0 Å². The molecular formula is C45H15B12N3O. The Morgan fingerprint density at radius 1 is 0.328 bits per heavy atom. The van der Waals surface area contributed by atoms with E-state index in [9.17, 15) is 0 Å². The molecule has 0 saturated carbocycles. The largest absolute Gasteiger partial charge is 0.456 e. The Morgan fingerprint density at radius 2 is 0.918 bits per heavy atom. The summed E-state index contributed by atoms with van der Waals surface area (Å²) in [5, 5.41) is 5.59. The zero-order chi connectivity index (χ0) is 42.8. The highest BCUT2D eigenvalue weighted by Crippen LogP contribution is 2.39. The Bertz CT molecular complexity index is 3550. The minimum absolute atomic E-state index is 0.0748. The number of benzene rings is 8. The average Bonchev–Trinajstić information content (AvgIpc) is 3.63. The van der Waals surface area contributed by atoms with Crippen molar-refractivity contribution in [2.24, 2.45) is 0 Å². The second-order valence-corrected chi connectivity index (χ2v) is 15.0. The summed E-state index contributed by atoms with van der Waals surface area (Å²) < 4.78 is 6.54. The van der Waals surface area contributed by atoms with Crippen LogP contribution in [-0.4, -0.2) is 109 Å². The quantitative estimate of drug-likeness (QED) is 0.147. The maximum Gasteiger partial charge on any atom is 0.164 e. The van der Waals surface area contributed by atoms with E-state index in [2.05, 4.69) is 0 Å². The molecule has 0 unspecified atom stereocenters.